The molecule has 0 bridgehead atoms. The highest BCUT2D eigenvalue weighted by atomic mass is 32.1. The minimum atomic E-state index is -0.478. The van der Waals surface area contributed by atoms with E-state index < -0.39 is 5.54 Å². The molecule has 4 nitrogen and oxygen atoms in total. The molecule has 1 aromatic carbocycles. The van der Waals surface area contributed by atoms with Crippen LogP contribution >= 0.6 is 11.3 Å². The zero-order chi connectivity index (χ0) is 15.6. The highest BCUT2D eigenvalue weighted by Gasteiger charge is 2.34. The van der Waals surface area contributed by atoms with Crippen LogP contribution in [0.3, 0.4) is 0 Å². The van der Waals surface area contributed by atoms with E-state index in [4.69, 9.17) is 0 Å². The van der Waals surface area contributed by atoms with E-state index in [9.17, 15) is 4.79 Å². The summed E-state index contributed by atoms with van der Waals surface area (Å²) in [4.78, 5) is 17.0. The van der Waals surface area contributed by atoms with E-state index in [1.807, 2.05) is 12.3 Å². The number of rotatable bonds is 3. The molecule has 0 radical (unpaired) electrons. The van der Waals surface area contributed by atoms with Gasteiger partial charge in [0, 0.05) is 10.9 Å². The van der Waals surface area contributed by atoms with Crippen LogP contribution in [0.25, 0.3) is 11.3 Å². The van der Waals surface area contributed by atoms with Gasteiger partial charge in [-0.1, -0.05) is 29.8 Å². The molecule has 1 fully saturated rings. The molecule has 2 aromatic rings. The number of hydrogen-bond donors (Lipinski definition) is 2. The van der Waals surface area contributed by atoms with Crippen molar-refractivity contribution in [2.24, 2.45) is 0 Å². The van der Waals surface area contributed by atoms with Crippen LogP contribution in [0, 0.1) is 6.92 Å². The van der Waals surface area contributed by atoms with Gasteiger partial charge in [-0.3, -0.25) is 4.79 Å². The summed E-state index contributed by atoms with van der Waals surface area (Å²) in [6.07, 6.45) is 3.09. The van der Waals surface area contributed by atoms with E-state index in [-0.39, 0.29) is 5.91 Å². The first-order valence-corrected chi connectivity index (χ1v) is 8.54. The lowest BCUT2D eigenvalue weighted by Gasteiger charge is -2.33. The second-order valence-electron chi connectivity index (χ2n) is 6.07. The van der Waals surface area contributed by atoms with Crippen LogP contribution in [-0.2, 0) is 4.79 Å². The molecule has 1 aliphatic rings. The Kier molecular flexibility index (Phi) is 4.27. The largest absolute Gasteiger partial charge is 0.304 e. The number of nitrogens with zero attached hydrogens (tertiary/aromatic N) is 1. The molecule has 1 aromatic heterocycles. The van der Waals surface area contributed by atoms with Gasteiger partial charge >= 0.3 is 0 Å². The predicted octanol–water partition coefficient (Wildman–Crippen LogP) is 3.59. The van der Waals surface area contributed by atoms with Gasteiger partial charge in [0.2, 0.25) is 5.91 Å². The number of benzene rings is 1. The second kappa shape index (κ2) is 6.18. The van der Waals surface area contributed by atoms with Gasteiger partial charge in [-0.05, 0) is 39.7 Å². The van der Waals surface area contributed by atoms with E-state index in [0.29, 0.717) is 5.13 Å². The quantitative estimate of drug-likeness (QED) is 0.910. The Hall–Kier alpha value is -1.72. The third-order valence-corrected chi connectivity index (χ3v) is 4.95. The normalized spacial score (nSPS) is 21.5. The SMILES string of the molecule is Cc1ccc(-c2csc(NC(=O)C3(C)CCCCN3)n2)cc1. The second-order valence-corrected chi connectivity index (χ2v) is 6.93. The Morgan fingerprint density at radius 1 is 1.32 bits per heavy atom. The summed E-state index contributed by atoms with van der Waals surface area (Å²) in [7, 11) is 0. The fourth-order valence-electron chi connectivity index (χ4n) is 2.67. The molecule has 1 amide bonds. The zero-order valence-electron chi connectivity index (χ0n) is 13.0. The topological polar surface area (TPSA) is 54.0 Å². The first-order valence-electron chi connectivity index (χ1n) is 7.66. The van der Waals surface area contributed by atoms with Crippen molar-refractivity contribution in [1.29, 1.82) is 0 Å². The van der Waals surface area contributed by atoms with Crippen LogP contribution in [0.15, 0.2) is 29.6 Å². The zero-order valence-corrected chi connectivity index (χ0v) is 13.8. The predicted molar refractivity (Wildman–Crippen MR) is 91.2 cm³/mol. The summed E-state index contributed by atoms with van der Waals surface area (Å²) in [5, 5.41) is 8.93. The van der Waals surface area contributed by atoms with Crippen molar-refractivity contribution >= 4 is 22.4 Å². The van der Waals surface area contributed by atoms with E-state index in [1.54, 1.807) is 0 Å². The molecule has 3 rings (SSSR count). The minimum Gasteiger partial charge on any atom is -0.304 e. The maximum absolute atomic E-state index is 12.5. The maximum atomic E-state index is 12.5. The number of aryl methyl sites for hydroxylation is 1. The molecule has 2 N–H and O–H groups in total. The van der Waals surface area contributed by atoms with Crippen LogP contribution in [-0.4, -0.2) is 23.0 Å². The molecule has 22 heavy (non-hydrogen) atoms. The van der Waals surface area contributed by atoms with Crippen molar-refractivity contribution in [1.82, 2.24) is 10.3 Å². The number of thiazole rings is 1. The highest BCUT2D eigenvalue weighted by molar-refractivity contribution is 7.14. The fraction of sp³-hybridized carbons (Fsp3) is 0.412. The summed E-state index contributed by atoms with van der Waals surface area (Å²) >= 11 is 1.47. The molecule has 5 heteroatoms. The first-order chi connectivity index (χ1) is 10.6. The molecule has 116 valence electrons. The van der Waals surface area contributed by atoms with Crippen LogP contribution in [0.4, 0.5) is 5.13 Å². The molecular formula is C17H21N3OS. The lowest BCUT2D eigenvalue weighted by molar-refractivity contribution is -0.122. The number of nitrogens with one attached hydrogen (secondary N) is 2. The standard InChI is InChI=1S/C17H21N3OS/c1-12-5-7-13(8-6-12)14-11-22-16(19-14)20-15(21)17(2)9-3-4-10-18-17/h5-8,11,18H,3-4,9-10H2,1-2H3,(H,19,20,21). The maximum Gasteiger partial charge on any atom is 0.246 e. The molecular weight excluding hydrogens is 294 g/mol. The number of anilines is 1. The van der Waals surface area contributed by atoms with Crippen molar-refractivity contribution in [3.63, 3.8) is 0 Å². The van der Waals surface area contributed by atoms with Crippen molar-refractivity contribution in [2.75, 3.05) is 11.9 Å². The average molecular weight is 315 g/mol. The van der Waals surface area contributed by atoms with E-state index in [0.717, 1.165) is 37.1 Å². The van der Waals surface area contributed by atoms with Gasteiger partial charge in [0.15, 0.2) is 5.13 Å². The molecule has 0 aliphatic carbocycles. The molecule has 0 saturated carbocycles. The Balaban J connectivity index is 1.71. The molecule has 2 heterocycles. The molecule has 1 atom stereocenters. The van der Waals surface area contributed by atoms with Crippen molar-refractivity contribution in [2.45, 2.75) is 38.6 Å². The number of piperidine rings is 1. The first kappa shape index (κ1) is 15.2. The Bertz CT molecular complexity index is 657. The van der Waals surface area contributed by atoms with E-state index >= 15 is 0 Å². The lowest BCUT2D eigenvalue weighted by atomic mass is 9.90. The number of hydrogen-bond acceptors (Lipinski definition) is 4. The van der Waals surface area contributed by atoms with Gasteiger partial charge in [0.05, 0.1) is 11.2 Å². The van der Waals surface area contributed by atoms with Crippen LogP contribution in [0.2, 0.25) is 0 Å². The third kappa shape index (κ3) is 3.20. The average Bonchev–Trinajstić information content (AvgIpc) is 2.97. The number of amides is 1. The molecule has 1 unspecified atom stereocenters. The molecule has 1 saturated heterocycles. The Labute approximate surface area is 135 Å². The van der Waals surface area contributed by atoms with Crippen molar-refractivity contribution in [3.8, 4) is 11.3 Å². The summed E-state index contributed by atoms with van der Waals surface area (Å²) in [6.45, 7) is 4.93. The summed E-state index contributed by atoms with van der Waals surface area (Å²) < 4.78 is 0. The van der Waals surface area contributed by atoms with Crippen molar-refractivity contribution in [3.05, 3.63) is 35.2 Å². The number of carbonyl (C=O) groups excluding carboxylic acids is 1. The summed E-state index contributed by atoms with van der Waals surface area (Å²) in [5.74, 6) is 0.0111. The van der Waals surface area contributed by atoms with Gasteiger partial charge in [-0.15, -0.1) is 11.3 Å². The highest BCUT2D eigenvalue weighted by Crippen LogP contribution is 2.27. The van der Waals surface area contributed by atoms with E-state index in [1.165, 1.54) is 16.9 Å². The van der Waals surface area contributed by atoms with Gasteiger partial charge in [-0.2, -0.15) is 0 Å². The summed E-state index contributed by atoms with van der Waals surface area (Å²) in [6, 6.07) is 8.25. The van der Waals surface area contributed by atoms with Crippen LogP contribution in [0.5, 0.6) is 0 Å². The molecule has 0 spiro atoms. The fourth-order valence-corrected chi connectivity index (χ4v) is 3.39. The number of aromatic nitrogens is 1. The smallest absolute Gasteiger partial charge is 0.246 e. The third-order valence-electron chi connectivity index (χ3n) is 4.19. The van der Waals surface area contributed by atoms with Gasteiger partial charge in [-0.25, -0.2) is 4.98 Å². The van der Waals surface area contributed by atoms with Gasteiger partial charge in [0.1, 0.15) is 0 Å². The molecule has 1 aliphatic heterocycles. The van der Waals surface area contributed by atoms with Gasteiger partial charge in [0.25, 0.3) is 0 Å². The lowest BCUT2D eigenvalue weighted by Crippen LogP contribution is -2.54. The summed E-state index contributed by atoms with van der Waals surface area (Å²) in [5.41, 5.74) is 2.73. The Morgan fingerprint density at radius 3 is 2.77 bits per heavy atom. The van der Waals surface area contributed by atoms with E-state index in [2.05, 4.69) is 46.8 Å². The monoisotopic (exact) mass is 315 g/mol. The Morgan fingerprint density at radius 2 is 2.09 bits per heavy atom. The van der Waals surface area contributed by atoms with Gasteiger partial charge < -0.3 is 10.6 Å². The minimum absolute atomic E-state index is 0.0111. The number of carbonyl (C=O) groups is 1. The van der Waals surface area contributed by atoms with Crippen LogP contribution < -0.4 is 10.6 Å². The van der Waals surface area contributed by atoms with Crippen molar-refractivity contribution < 1.29 is 4.79 Å². The van der Waals surface area contributed by atoms with Crippen LogP contribution in [0.1, 0.15) is 31.7 Å².